The Kier molecular flexibility index (Phi) is 6.04. The van der Waals surface area contributed by atoms with Crippen LogP contribution in [-0.2, 0) is 16.1 Å². The zero-order chi connectivity index (χ0) is 21.1. The lowest BCUT2D eigenvalue weighted by Gasteiger charge is -2.36. The van der Waals surface area contributed by atoms with Crippen molar-refractivity contribution in [3.05, 3.63) is 59.7 Å². The molecule has 1 unspecified atom stereocenters. The Bertz CT molecular complexity index is 921. The van der Waals surface area contributed by atoms with Gasteiger partial charge in [-0.25, -0.2) is 0 Å². The molecule has 0 saturated carbocycles. The monoisotopic (exact) mass is 407 g/mol. The second-order valence-electron chi connectivity index (χ2n) is 8.11. The number of benzene rings is 2. The van der Waals surface area contributed by atoms with Gasteiger partial charge in [0.2, 0.25) is 11.8 Å². The van der Waals surface area contributed by atoms with Crippen molar-refractivity contribution >= 4 is 17.5 Å². The lowest BCUT2D eigenvalue weighted by Crippen LogP contribution is -2.50. The molecule has 2 aromatic rings. The van der Waals surface area contributed by atoms with Gasteiger partial charge in [-0.05, 0) is 30.2 Å². The summed E-state index contributed by atoms with van der Waals surface area (Å²) in [6, 6.07) is 15.9. The number of nitrogens with zero attached hydrogens (tertiary/aromatic N) is 3. The van der Waals surface area contributed by atoms with E-state index in [0.717, 1.165) is 25.3 Å². The molecule has 4 rings (SSSR count). The van der Waals surface area contributed by atoms with Crippen LogP contribution >= 0.6 is 0 Å². The van der Waals surface area contributed by atoms with Crippen molar-refractivity contribution in [2.45, 2.75) is 19.9 Å². The Morgan fingerprint density at radius 1 is 1.03 bits per heavy atom. The van der Waals surface area contributed by atoms with Crippen molar-refractivity contribution in [3.63, 3.8) is 0 Å². The molecule has 0 aromatic heterocycles. The molecule has 2 amide bonds. The summed E-state index contributed by atoms with van der Waals surface area (Å²) < 4.78 is 5.39. The third-order valence-electron chi connectivity index (χ3n) is 6.19. The van der Waals surface area contributed by atoms with Crippen LogP contribution in [0.3, 0.4) is 0 Å². The third-order valence-corrected chi connectivity index (χ3v) is 6.19. The number of ether oxygens (including phenoxy) is 1. The quantitative estimate of drug-likeness (QED) is 0.765. The molecule has 2 aliphatic rings. The Hall–Kier alpha value is -2.86. The summed E-state index contributed by atoms with van der Waals surface area (Å²) in [5, 5.41) is 0. The number of para-hydroxylation sites is 2. The fraction of sp³-hybridized carbons (Fsp3) is 0.417. The number of anilines is 1. The normalized spacial score (nSPS) is 19.9. The van der Waals surface area contributed by atoms with Gasteiger partial charge < -0.3 is 14.5 Å². The first-order chi connectivity index (χ1) is 14.6. The van der Waals surface area contributed by atoms with Crippen LogP contribution in [0.15, 0.2) is 48.5 Å². The van der Waals surface area contributed by atoms with Gasteiger partial charge in [0, 0.05) is 45.7 Å². The number of aryl methyl sites for hydroxylation is 1. The number of methoxy groups -OCH3 is 1. The largest absolute Gasteiger partial charge is 0.495 e. The van der Waals surface area contributed by atoms with Gasteiger partial charge in [0.25, 0.3) is 0 Å². The minimum absolute atomic E-state index is 0.0176. The van der Waals surface area contributed by atoms with Crippen LogP contribution in [0.5, 0.6) is 5.75 Å². The van der Waals surface area contributed by atoms with E-state index in [1.54, 1.807) is 12.0 Å². The first-order valence-electron chi connectivity index (χ1n) is 10.6. The van der Waals surface area contributed by atoms with Gasteiger partial charge in [-0.15, -0.1) is 0 Å². The molecule has 0 aliphatic carbocycles. The molecular weight excluding hydrogens is 378 g/mol. The van der Waals surface area contributed by atoms with Crippen LogP contribution in [0.4, 0.5) is 5.69 Å². The Labute approximate surface area is 178 Å². The number of amides is 2. The minimum atomic E-state index is -0.287. The van der Waals surface area contributed by atoms with E-state index in [-0.39, 0.29) is 24.2 Å². The number of hydrogen-bond donors (Lipinski definition) is 0. The Morgan fingerprint density at radius 3 is 2.47 bits per heavy atom. The molecule has 6 heteroatoms. The lowest BCUT2D eigenvalue weighted by atomic mass is 10.1. The van der Waals surface area contributed by atoms with Crippen LogP contribution < -0.4 is 9.64 Å². The first-order valence-corrected chi connectivity index (χ1v) is 10.6. The fourth-order valence-corrected chi connectivity index (χ4v) is 4.37. The molecule has 0 spiro atoms. The molecule has 0 N–H and O–H groups in total. The van der Waals surface area contributed by atoms with E-state index in [1.807, 2.05) is 29.2 Å². The van der Waals surface area contributed by atoms with E-state index in [9.17, 15) is 9.59 Å². The maximum absolute atomic E-state index is 13.1. The molecule has 0 bridgehead atoms. The predicted molar refractivity (Wildman–Crippen MR) is 116 cm³/mol. The maximum atomic E-state index is 13.1. The Morgan fingerprint density at radius 2 is 1.73 bits per heavy atom. The van der Waals surface area contributed by atoms with Crippen molar-refractivity contribution < 1.29 is 14.3 Å². The van der Waals surface area contributed by atoms with E-state index in [4.69, 9.17) is 4.74 Å². The fourth-order valence-electron chi connectivity index (χ4n) is 4.37. The Balaban J connectivity index is 1.34. The van der Waals surface area contributed by atoms with E-state index < -0.39 is 0 Å². The second-order valence-corrected chi connectivity index (χ2v) is 8.11. The van der Waals surface area contributed by atoms with Crippen molar-refractivity contribution in [2.24, 2.45) is 5.92 Å². The summed E-state index contributed by atoms with van der Waals surface area (Å²) in [5.74, 6) is 0.446. The topological polar surface area (TPSA) is 53.1 Å². The minimum Gasteiger partial charge on any atom is -0.495 e. The SMILES string of the molecule is COc1ccccc1N1CC(C(=O)N2CCN(Cc3ccccc3C)CC2)CC1=O. The third kappa shape index (κ3) is 4.19. The summed E-state index contributed by atoms with van der Waals surface area (Å²) in [6.45, 7) is 6.61. The molecule has 6 nitrogen and oxygen atoms in total. The van der Waals surface area contributed by atoms with Gasteiger partial charge in [0.05, 0.1) is 18.7 Å². The summed E-state index contributed by atoms with van der Waals surface area (Å²) in [6.07, 6.45) is 0.264. The van der Waals surface area contributed by atoms with Gasteiger partial charge in [-0.1, -0.05) is 36.4 Å². The molecule has 30 heavy (non-hydrogen) atoms. The van der Waals surface area contributed by atoms with Crippen LogP contribution in [-0.4, -0.2) is 61.4 Å². The molecule has 2 saturated heterocycles. The highest BCUT2D eigenvalue weighted by Gasteiger charge is 2.38. The van der Waals surface area contributed by atoms with Crippen molar-refractivity contribution in [1.29, 1.82) is 0 Å². The zero-order valence-corrected chi connectivity index (χ0v) is 17.7. The molecule has 2 aliphatic heterocycles. The first kappa shape index (κ1) is 20.4. The number of carbonyl (C=O) groups excluding carboxylic acids is 2. The standard InChI is InChI=1S/C24H29N3O3/c1-18-7-3-4-8-19(18)16-25-11-13-26(14-12-25)24(29)20-15-23(28)27(17-20)21-9-5-6-10-22(21)30-2/h3-10,20H,11-17H2,1-2H3. The number of piperazine rings is 1. The molecule has 2 aromatic carbocycles. The smallest absolute Gasteiger partial charge is 0.228 e. The molecule has 158 valence electrons. The van der Waals surface area contributed by atoms with Crippen LogP contribution in [0.25, 0.3) is 0 Å². The molecule has 0 radical (unpaired) electrons. The lowest BCUT2D eigenvalue weighted by molar-refractivity contribution is -0.137. The molecular formula is C24H29N3O3. The van der Waals surface area contributed by atoms with Gasteiger partial charge >= 0.3 is 0 Å². The van der Waals surface area contributed by atoms with Gasteiger partial charge in [0.15, 0.2) is 0 Å². The van der Waals surface area contributed by atoms with Crippen molar-refractivity contribution in [1.82, 2.24) is 9.80 Å². The van der Waals surface area contributed by atoms with E-state index in [2.05, 4.69) is 36.1 Å². The summed E-state index contributed by atoms with van der Waals surface area (Å²) in [7, 11) is 1.60. The number of rotatable bonds is 5. The molecule has 2 fully saturated rings. The number of hydrogen-bond acceptors (Lipinski definition) is 4. The second kappa shape index (κ2) is 8.88. The summed E-state index contributed by atoms with van der Waals surface area (Å²) >= 11 is 0. The average Bonchev–Trinajstić information content (AvgIpc) is 3.16. The summed E-state index contributed by atoms with van der Waals surface area (Å²) in [5.41, 5.74) is 3.38. The van der Waals surface area contributed by atoms with Crippen molar-refractivity contribution in [2.75, 3.05) is 44.7 Å². The summed E-state index contributed by atoms with van der Waals surface area (Å²) in [4.78, 5) is 31.7. The maximum Gasteiger partial charge on any atom is 0.228 e. The average molecular weight is 408 g/mol. The van der Waals surface area contributed by atoms with Gasteiger partial charge in [-0.3, -0.25) is 14.5 Å². The van der Waals surface area contributed by atoms with E-state index >= 15 is 0 Å². The highest BCUT2D eigenvalue weighted by Crippen LogP contribution is 2.33. The highest BCUT2D eigenvalue weighted by atomic mass is 16.5. The zero-order valence-electron chi connectivity index (χ0n) is 17.7. The molecule has 2 heterocycles. The molecule has 1 atom stereocenters. The van der Waals surface area contributed by atoms with E-state index in [1.165, 1.54) is 11.1 Å². The van der Waals surface area contributed by atoms with Gasteiger partial charge in [-0.2, -0.15) is 0 Å². The van der Waals surface area contributed by atoms with Crippen LogP contribution in [0.1, 0.15) is 17.5 Å². The van der Waals surface area contributed by atoms with Crippen LogP contribution in [0, 0.1) is 12.8 Å². The van der Waals surface area contributed by atoms with Gasteiger partial charge in [0.1, 0.15) is 5.75 Å². The van der Waals surface area contributed by atoms with Crippen molar-refractivity contribution in [3.8, 4) is 5.75 Å². The van der Waals surface area contributed by atoms with E-state index in [0.29, 0.717) is 25.4 Å². The number of carbonyl (C=O) groups is 2. The van der Waals surface area contributed by atoms with Crippen LogP contribution in [0.2, 0.25) is 0 Å². The highest BCUT2D eigenvalue weighted by molar-refractivity contribution is 6.01. The predicted octanol–water partition coefficient (Wildman–Crippen LogP) is 2.70.